The van der Waals surface area contributed by atoms with E-state index in [4.69, 9.17) is 10.8 Å². The van der Waals surface area contributed by atoms with Crippen LogP contribution in [0.3, 0.4) is 0 Å². The number of hydrogen-bond donors (Lipinski definition) is 1. The van der Waals surface area contributed by atoms with E-state index in [-0.39, 0.29) is 22.5 Å². The van der Waals surface area contributed by atoms with Crippen molar-refractivity contribution < 1.29 is 9.34 Å². The lowest BCUT2D eigenvalue weighted by Gasteiger charge is -2.12. The quantitative estimate of drug-likeness (QED) is 0.303. The zero-order valence-corrected chi connectivity index (χ0v) is 14.5. The number of para-hydroxylation sites is 1. The summed E-state index contributed by atoms with van der Waals surface area (Å²) in [4.78, 5) is 15.1. The maximum atomic E-state index is 11.5. The first kappa shape index (κ1) is 17.4. The Balaban J connectivity index is 2.11. The van der Waals surface area contributed by atoms with E-state index in [1.807, 2.05) is 18.2 Å². The van der Waals surface area contributed by atoms with Gasteiger partial charge in [-0.15, -0.1) is 16.6 Å². The van der Waals surface area contributed by atoms with Gasteiger partial charge in [0.2, 0.25) is 0 Å². The van der Waals surface area contributed by atoms with Crippen molar-refractivity contribution in [3.63, 3.8) is 0 Å². The van der Waals surface area contributed by atoms with Crippen LogP contribution in [0, 0.1) is 29.4 Å². The minimum atomic E-state index is -0.508. The van der Waals surface area contributed by atoms with Crippen molar-refractivity contribution in [3.8, 4) is 23.8 Å². The fourth-order valence-corrected chi connectivity index (χ4v) is 2.70. The van der Waals surface area contributed by atoms with Crippen LogP contribution in [0.15, 0.2) is 46.2 Å². The SMILES string of the molecule is C#CCSc1nnc(-c2c(C)ncc([N+](=O)[O-])c2Nc2ccccc2)o1. The van der Waals surface area contributed by atoms with Crippen molar-refractivity contribution in [1.29, 1.82) is 0 Å². The highest BCUT2D eigenvalue weighted by Crippen LogP contribution is 2.39. The molecule has 0 saturated heterocycles. The van der Waals surface area contributed by atoms with Gasteiger partial charge in [-0.25, -0.2) is 0 Å². The summed E-state index contributed by atoms with van der Waals surface area (Å²) in [6.45, 7) is 1.72. The Bertz CT molecular complexity index is 982. The van der Waals surface area contributed by atoms with E-state index in [0.717, 1.165) is 0 Å². The molecule has 2 aromatic heterocycles. The minimum absolute atomic E-state index is 0.136. The minimum Gasteiger partial charge on any atom is -0.411 e. The molecule has 0 atom stereocenters. The normalized spacial score (nSPS) is 10.3. The summed E-state index contributed by atoms with van der Waals surface area (Å²) >= 11 is 1.21. The topological polar surface area (TPSA) is 107 Å². The van der Waals surface area contributed by atoms with Gasteiger partial charge in [0.1, 0.15) is 11.9 Å². The van der Waals surface area contributed by atoms with Crippen LogP contribution < -0.4 is 5.32 Å². The van der Waals surface area contributed by atoms with Gasteiger partial charge in [-0.3, -0.25) is 15.1 Å². The third-order valence-corrected chi connectivity index (χ3v) is 4.11. The second kappa shape index (κ2) is 7.67. The van der Waals surface area contributed by atoms with E-state index in [9.17, 15) is 10.1 Å². The number of nitro groups is 1. The number of nitrogens with one attached hydrogen (secondary N) is 1. The summed E-state index contributed by atoms with van der Waals surface area (Å²) in [5.74, 6) is 2.98. The number of terminal acetylenes is 1. The zero-order valence-electron chi connectivity index (χ0n) is 13.7. The molecular weight excluding hydrogens is 354 g/mol. The van der Waals surface area contributed by atoms with E-state index in [2.05, 4.69) is 26.4 Å². The largest absolute Gasteiger partial charge is 0.411 e. The maximum Gasteiger partial charge on any atom is 0.311 e. The molecule has 2 heterocycles. The number of rotatable bonds is 6. The Morgan fingerprint density at radius 2 is 2.12 bits per heavy atom. The molecule has 1 N–H and O–H groups in total. The third-order valence-electron chi connectivity index (χ3n) is 3.39. The Hall–Kier alpha value is -3.38. The summed E-state index contributed by atoms with van der Waals surface area (Å²) in [5.41, 5.74) is 1.63. The Labute approximate surface area is 153 Å². The van der Waals surface area contributed by atoms with Gasteiger partial charge in [0.15, 0.2) is 0 Å². The van der Waals surface area contributed by atoms with E-state index >= 15 is 0 Å². The number of aryl methyl sites for hydroxylation is 1. The molecule has 0 aliphatic heterocycles. The number of anilines is 2. The van der Waals surface area contributed by atoms with Crippen LogP contribution in [-0.4, -0.2) is 25.9 Å². The lowest BCUT2D eigenvalue weighted by molar-refractivity contribution is -0.384. The van der Waals surface area contributed by atoms with Crippen LogP contribution in [-0.2, 0) is 0 Å². The first-order valence-electron chi connectivity index (χ1n) is 7.46. The highest BCUT2D eigenvalue weighted by atomic mass is 32.2. The summed E-state index contributed by atoms with van der Waals surface area (Å²) in [6.07, 6.45) is 6.43. The van der Waals surface area contributed by atoms with Crippen LogP contribution in [0.5, 0.6) is 0 Å². The predicted molar refractivity (Wildman–Crippen MR) is 98.2 cm³/mol. The van der Waals surface area contributed by atoms with E-state index in [1.165, 1.54) is 18.0 Å². The first-order chi connectivity index (χ1) is 12.6. The molecule has 26 heavy (non-hydrogen) atoms. The summed E-state index contributed by atoms with van der Waals surface area (Å²) in [5, 5.41) is 22.8. The second-order valence-electron chi connectivity index (χ2n) is 5.09. The second-order valence-corrected chi connectivity index (χ2v) is 6.02. The van der Waals surface area contributed by atoms with E-state index in [1.54, 1.807) is 19.1 Å². The Kier molecular flexibility index (Phi) is 5.15. The molecule has 0 fully saturated rings. The maximum absolute atomic E-state index is 11.5. The molecule has 0 unspecified atom stereocenters. The number of thioether (sulfide) groups is 1. The van der Waals surface area contributed by atoms with Gasteiger partial charge in [0, 0.05) is 5.69 Å². The molecule has 3 rings (SSSR count). The highest BCUT2D eigenvalue weighted by molar-refractivity contribution is 7.99. The molecule has 0 amide bonds. The van der Waals surface area contributed by atoms with Crippen molar-refractivity contribution in [2.75, 3.05) is 11.1 Å². The van der Waals surface area contributed by atoms with E-state index < -0.39 is 4.92 Å². The predicted octanol–water partition coefficient (Wildman–Crippen LogP) is 3.82. The number of benzene rings is 1. The number of aromatic nitrogens is 3. The van der Waals surface area contributed by atoms with Crippen LogP contribution in [0.25, 0.3) is 11.5 Å². The summed E-state index contributed by atoms with van der Waals surface area (Å²) in [6, 6.07) is 9.09. The van der Waals surface area contributed by atoms with Crippen LogP contribution in [0.4, 0.5) is 17.1 Å². The molecule has 0 aliphatic rings. The lowest BCUT2D eigenvalue weighted by atomic mass is 10.1. The molecule has 0 aliphatic carbocycles. The Morgan fingerprint density at radius 1 is 1.35 bits per heavy atom. The molecule has 0 bridgehead atoms. The summed E-state index contributed by atoms with van der Waals surface area (Å²) in [7, 11) is 0. The van der Waals surface area contributed by atoms with Crippen molar-refractivity contribution in [2.24, 2.45) is 0 Å². The van der Waals surface area contributed by atoms with Gasteiger partial charge < -0.3 is 9.73 Å². The highest BCUT2D eigenvalue weighted by Gasteiger charge is 2.25. The number of hydrogen-bond acceptors (Lipinski definition) is 8. The van der Waals surface area contributed by atoms with Crippen molar-refractivity contribution >= 4 is 28.8 Å². The van der Waals surface area contributed by atoms with Gasteiger partial charge >= 0.3 is 5.69 Å². The van der Waals surface area contributed by atoms with Crippen LogP contribution >= 0.6 is 11.8 Å². The van der Waals surface area contributed by atoms with Gasteiger partial charge in [0.25, 0.3) is 11.1 Å². The Morgan fingerprint density at radius 3 is 2.81 bits per heavy atom. The molecule has 130 valence electrons. The zero-order chi connectivity index (χ0) is 18.5. The lowest BCUT2D eigenvalue weighted by Crippen LogP contribution is -2.03. The molecule has 1 aromatic carbocycles. The van der Waals surface area contributed by atoms with Gasteiger partial charge in [-0.05, 0) is 19.1 Å². The number of pyridine rings is 1. The molecule has 9 heteroatoms. The van der Waals surface area contributed by atoms with Gasteiger partial charge in [-0.1, -0.05) is 35.9 Å². The fraction of sp³-hybridized carbons (Fsp3) is 0.118. The first-order valence-corrected chi connectivity index (χ1v) is 8.45. The monoisotopic (exact) mass is 367 g/mol. The molecule has 3 aromatic rings. The number of nitrogens with zero attached hydrogens (tertiary/aromatic N) is 4. The molecule has 0 spiro atoms. The van der Waals surface area contributed by atoms with Crippen molar-refractivity contribution in [3.05, 3.63) is 52.3 Å². The smallest absolute Gasteiger partial charge is 0.311 e. The van der Waals surface area contributed by atoms with Crippen LogP contribution in [0.2, 0.25) is 0 Å². The molecule has 0 radical (unpaired) electrons. The standard InChI is InChI=1S/C17H13N5O3S/c1-3-9-26-17-21-20-16(25-17)14-11(2)18-10-13(22(23)24)15(14)19-12-7-5-4-6-8-12/h1,4-8,10H,9H2,2H3,(H,18,19). The third kappa shape index (κ3) is 3.65. The van der Waals surface area contributed by atoms with Gasteiger partial charge in [-0.2, -0.15) is 0 Å². The molecular formula is C17H13N5O3S. The molecule has 0 saturated carbocycles. The van der Waals surface area contributed by atoms with Gasteiger partial charge in [0.05, 0.1) is 21.9 Å². The van der Waals surface area contributed by atoms with E-state index in [0.29, 0.717) is 22.7 Å². The fourth-order valence-electron chi connectivity index (χ4n) is 2.26. The average Bonchev–Trinajstić information content (AvgIpc) is 3.09. The summed E-state index contributed by atoms with van der Waals surface area (Å²) < 4.78 is 5.61. The average molecular weight is 367 g/mol. The van der Waals surface area contributed by atoms with Crippen molar-refractivity contribution in [1.82, 2.24) is 15.2 Å². The molecule has 8 nitrogen and oxygen atoms in total. The van der Waals surface area contributed by atoms with Crippen molar-refractivity contribution in [2.45, 2.75) is 12.1 Å². The van der Waals surface area contributed by atoms with Crippen LogP contribution in [0.1, 0.15) is 5.69 Å².